The molecule has 6 heteroatoms. The number of hydrogen-bond acceptors (Lipinski definition) is 3. The summed E-state index contributed by atoms with van der Waals surface area (Å²) in [4.78, 5) is 14.4. The Balaban J connectivity index is 3.02. The molecule has 1 rings (SSSR count). The number of imidazole rings is 1. The minimum atomic E-state index is -1.04. The number of halogens is 1. The van der Waals surface area contributed by atoms with Crippen molar-refractivity contribution in [3.05, 3.63) is 16.6 Å². The Morgan fingerprint density at radius 3 is 2.92 bits per heavy atom. The fourth-order valence-corrected chi connectivity index (χ4v) is 1.54. The minimum Gasteiger partial charge on any atom is -0.476 e. The lowest BCUT2D eigenvalue weighted by Gasteiger charge is -2.10. The van der Waals surface area contributed by atoms with Crippen molar-refractivity contribution in [3.8, 4) is 0 Å². The zero-order valence-corrected chi connectivity index (χ0v) is 8.65. The number of nitrogens with two attached hydrogens (primary N) is 1. The molecule has 5 nitrogen and oxygen atoms in total. The van der Waals surface area contributed by atoms with Gasteiger partial charge >= 0.3 is 5.97 Å². The average molecular weight is 248 g/mol. The first-order valence-corrected chi connectivity index (χ1v) is 4.53. The Labute approximate surface area is 83.7 Å². The highest BCUT2D eigenvalue weighted by atomic mass is 79.9. The van der Waals surface area contributed by atoms with Crippen molar-refractivity contribution in [2.75, 3.05) is 6.54 Å². The van der Waals surface area contributed by atoms with Crippen molar-refractivity contribution < 1.29 is 9.90 Å². The molecular weight excluding hydrogens is 238 g/mol. The maximum atomic E-state index is 10.5. The molecule has 0 radical (unpaired) electrons. The van der Waals surface area contributed by atoms with Gasteiger partial charge in [0.2, 0.25) is 0 Å². The van der Waals surface area contributed by atoms with Crippen LogP contribution in [0.1, 0.15) is 23.5 Å². The van der Waals surface area contributed by atoms with Gasteiger partial charge in [-0.1, -0.05) is 0 Å². The van der Waals surface area contributed by atoms with Crippen LogP contribution in [0.25, 0.3) is 0 Å². The smallest absolute Gasteiger partial charge is 0.356 e. The van der Waals surface area contributed by atoms with Gasteiger partial charge in [0.25, 0.3) is 0 Å². The van der Waals surface area contributed by atoms with Gasteiger partial charge in [0.05, 0.1) is 0 Å². The first-order chi connectivity index (χ1) is 6.06. The molecule has 13 heavy (non-hydrogen) atoms. The molecule has 0 saturated carbocycles. The Bertz CT molecular complexity index is 324. The van der Waals surface area contributed by atoms with Crippen molar-refractivity contribution in [1.82, 2.24) is 9.55 Å². The van der Waals surface area contributed by atoms with E-state index in [2.05, 4.69) is 20.9 Å². The van der Waals surface area contributed by atoms with E-state index in [1.54, 1.807) is 4.57 Å². The SMILES string of the molecule is CC(CN)n1cc(C(=O)O)nc1Br. The van der Waals surface area contributed by atoms with Crippen LogP contribution < -0.4 is 5.73 Å². The molecular formula is C7H10BrN3O2. The van der Waals surface area contributed by atoms with Crippen LogP contribution in [0.4, 0.5) is 0 Å². The summed E-state index contributed by atoms with van der Waals surface area (Å²) in [6.45, 7) is 2.33. The van der Waals surface area contributed by atoms with E-state index in [1.807, 2.05) is 6.92 Å². The topological polar surface area (TPSA) is 81.1 Å². The second kappa shape index (κ2) is 3.89. The van der Waals surface area contributed by atoms with E-state index in [1.165, 1.54) is 6.20 Å². The molecule has 0 saturated heterocycles. The zero-order valence-electron chi connectivity index (χ0n) is 7.07. The van der Waals surface area contributed by atoms with Gasteiger partial charge in [0, 0.05) is 18.8 Å². The summed E-state index contributed by atoms with van der Waals surface area (Å²) in [6.07, 6.45) is 1.46. The summed E-state index contributed by atoms with van der Waals surface area (Å²) in [7, 11) is 0. The molecule has 1 aromatic heterocycles. The lowest BCUT2D eigenvalue weighted by atomic mass is 10.3. The van der Waals surface area contributed by atoms with Gasteiger partial charge in [-0.2, -0.15) is 0 Å². The molecule has 0 aliphatic rings. The number of aromatic nitrogens is 2. The minimum absolute atomic E-state index is 0.0205. The molecule has 0 aliphatic heterocycles. The van der Waals surface area contributed by atoms with E-state index in [0.717, 1.165) is 0 Å². The Hall–Kier alpha value is -0.880. The standard InChI is InChI=1S/C7H10BrN3O2/c1-4(2-9)11-3-5(6(12)13)10-7(11)8/h3-4H,2,9H2,1H3,(H,12,13). The average Bonchev–Trinajstić information content (AvgIpc) is 2.46. The van der Waals surface area contributed by atoms with Crippen LogP contribution >= 0.6 is 15.9 Å². The quantitative estimate of drug-likeness (QED) is 0.831. The van der Waals surface area contributed by atoms with Crippen LogP contribution in [0.3, 0.4) is 0 Å². The predicted molar refractivity (Wildman–Crippen MR) is 50.7 cm³/mol. The summed E-state index contributed by atoms with van der Waals surface area (Å²) in [5.41, 5.74) is 5.46. The Morgan fingerprint density at radius 2 is 2.54 bits per heavy atom. The van der Waals surface area contributed by atoms with Gasteiger partial charge in [0.1, 0.15) is 0 Å². The summed E-state index contributed by atoms with van der Waals surface area (Å²) < 4.78 is 2.17. The highest BCUT2D eigenvalue weighted by Gasteiger charge is 2.13. The Morgan fingerprint density at radius 1 is 1.92 bits per heavy atom. The van der Waals surface area contributed by atoms with Crippen LogP contribution in [0.2, 0.25) is 0 Å². The maximum Gasteiger partial charge on any atom is 0.356 e. The van der Waals surface area contributed by atoms with E-state index in [4.69, 9.17) is 10.8 Å². The molecule has 1 aromatic rings. The van der Waals surface area contributed by atoms with Crippen molar-refractivity contribution in [2.45, 2.75) is 13.0 Å². The number of hydrogen-bond donors (Lipinski definition) is 2. The lowest BCUT2D eigenvalue weighted by molar-refractivity contribution is 0.0691. The number of aromatic carboxylic acids is 1. The fourth-order valence-electron chi connectivity index (χ4n) is 0.897. The molecule has 1 atom stereocenters. The first-order valence-electron chi connectivity index (χ1n) is 3.74. The second-order valence-electron chi connectivity index (χ2n) is 2.69. The van der Waals surface area contributed by atoms with Gasteiger partial charge in [0.15, 0.2) is 10.4 Å². The van der Waals surface area contributed by atoms with Crippen molar-refractivity contribution >= 4 is 21.9 Å². The van der Waals surface area contributed by atoms with Crippen molar-refractivity contribution in [1.29, 1.82) is 0 Å². The molecule has 0 aromatic carbocycles. The number of rotatable bonds is 3. The monoisotopic (exact) mass is 247 g/mol. The molecule has 0 amide bonds. The molecule has 0 fully saturated rings. The second-order valence-corrected chi connectivity index (χ2v) is 3.40. The van der Waals surface area contributed by atoms with Crippen LogP contribution in [-0.4, -0.2) is 27.2 Å². The molecule has 0 bridgehead atoms. The highest BCUT2D eigenvalue weighted by Crippen LogP contribution is 2.15. The molecule has 0 spiro atoms. The predicted octanol–water partition coefficient (Wildman–Crippen LogP) is 0.863. The summed E-state index contributed by atoms with van der Waals surface area (Å²) in [6, 6.07) is 0.0370. The van der Waals surface area contributed by atoms with Crippen LogP contribution in [0.15, 0.2) is 10.9 Å². The number of carboxylic acids is 1. The van der Waals surface area contributed by atoms with E-state index >= 15 is 0 Å². The first kappa shape index (κ1) is 10.2. The van der Waals surface area contributed by atoms with Crippen LogP contribution in [-0.2, 0) is 0 Å². The maximum absolute atomic E-state index is 10.5. The van der Waals surface area contributed by atoms with Crippen LogP contribution in [0.5, 0.6) is 0 Å². The fraction of sp³-hybridized carbons (Fsp3) is 0.429. The van der Waals surface area contributed by atoms with E-state index in [9.17, 15) is 4.79 Å². The number of carboxylic acid groups (broad SMARTS) is 1. The normalized spacial score (nSPS) is 12.8. The third-order valence-corrected chi connectivity index (χ3v) is 2.31. The zero-order chi connectivity index (χ0) is 10.0. The summed E-state index contributed by atoms with van der Waals surface area (Å²) in [5.74, 6) is -1.04. The van der Waals surface area contributed by atoms with Crippen molar-refractivity contribution in [2.24, 2.45) is 5.73 Å². The largest absolute Gasteiger partial charge is 0.476 e. The van der Waals surface area contributed by atoms with Gasteiger partial charge in [-0.15, -0.1) is 0 Å². The molecule has 1 unspecified atom stereocenters. The third kappa shape index (κ3) is 2.07. The number of carbonyl (C=O) groups is 1. The summed E-state index contributed by atoms with van der Waals surface area (Å²) >= 11 is 3.16. The highest BCUT2D eigenvalue weighted by molar-refractivity contribution is 9.10. The number of nitrogens with zero attached hydrogens (tertiary/aromatic N) is 2. The van der Waals surface area contributed by atoms with Gasteiger partial charge in [-0.3, -0.25) is 0 Å². The van der Waals surface area contributed by atoms with Crippen LogP contribution in [0, 0.1) is 0 Å². The molecule has 1 heterocycles. The summed E-state index contributed by atoms with van der Waals surface area (Å²) in [5, 5.41) is 8.65. The van der Waals surface area contributed by atoms with Crippen molar-refractivity contribution in [3.63, 3.8) is 0 Å². The van der Waals surface area contributed by atoms with E-state index in [-0.39, 0.29) is 11.7 Å². The molecule has 3 N–H and O–H groups in total. The van der Waals surface area contributed by atoms with E-state index in [0.29, 0.717) is 11.3 Å². The van der Waals surface area contributed by atoms with E-state index < -0.39 is 5.97 Å². The van der Waals surface area contributed by atoms with Gasteiger partial charge < -0.3 is 15.4 Å². The molecule has 72 valence electrons. The van der Waals surface area contributed by atoms with Gasteiger partial charge in [-0.25, -0.2) is 9.78 Å². The lowest BCUT2D eigenvalue weighted by Crippen LogP contribution is -2.15. The Kier molecular flexibility index (Phi) is 3.05. The third-order valence-electron chi connectivity index (χ3n) is 1.72. The molecule has 0 aliphatic carbocycles. The van der Waals surface area contributed by atoms with Gasteiger partial charge in [-0.05, 0) is 22.9 Å².